The van der Waals surface area contributed by atoms with Crippen LogP contribution in [-0.4, -0.2) is 74.7 Å². The summed E-state index contributed by atoms with van der Waals surface area (Å²) in [7, 11) is 0. The van der Waals surface area contributed by atoms with Crippen LogP contribution in [0.3, 0.4) is 0 Å². The van der Waals surface area contributed by atoms with Crippen LogP contribution >= 0.6 is 0 Å². The minimum Gasteiger partial charge on any atom is -0.481 e. The molecule has 9 nitrogen and oxygen atoms in total. The lowest BCUT2D eigenvalue weighted by Gasteiger charge is -2.40. The van der Waals surface area contributed by atoms with Crippen molar-refractivity contribution in [2.45, 2.75) is 159 Å². The molecule has 1 amide bonds. The van der Waals surface area contributed by atoms with Crippen molar-refractivity contribution in [2.75, 3.05) is 6.61 Å². The summed E-state index contributed by atoms with van der Waals surface area (Å²) < 4.78 is 5.29. The van der Waals surface area contributed by atoms with E-state index < -0.39 is 43.2 Å². The number of nitrogens with one attached hydrogen (secondary N) is 1. The normalized spacial score (nSPS) is 23.7. The molecule has 1 heterocycles. The van der Waals surface area contributed by atoms with Crippen LogP contribution in [0.15, 0.2) is 0 Å². The Morgan fingerprint density at radius 2 is 0.946 bits per heavy atom. The maximum Gasteiger partial charge on any atom is 0.303 e. The minimum atomic E-state index is -1.48. The molecule has 1 aliphatic heterocycles. The fourth-order valence-corrected chi connectivity index (χ4v) is 4.84. The lowest BCUT2D eigenvalue weighted by Crippen LogP contribution is -2.63. The average molecular weight is 532 g/mol. The lowest BCUT2D eigenvalue weighted by molar-refractivity contribution is -0.236. The number of unbranched alkanes of at least 4 members (excludes halogenated alkanes) is 17. The van der Waals surface area contributed by atoms with Gasteiger partial charge in [-0.1, -0.05) is 103 Å². The number of rotatable bonds is 23. The number of aliphatic carboxylic acids is 1. The van der Waals surface area contributed by atoms with Gasteiger partial charge in [-0.2, -0.15) is 0 Å². The molecule has 0 bridgehead atoms. The molecule has 1 saturated heterocycles. The molecule has 218 valence electrons. The summed E-state index contributed by atoms with van der Waals surface area (Å²) in [5.74, 6) is -0.966. The second-order valence-electron chi connectivity index (χ2n) is 10.6. The topological polar surface area (TPSA) is 157 Å². The van der Waals surface area contributed by atoms with Crippen LogP contribution in [0.1, 0.15) is 128 Å². The Morgan fingerprint density at radius 1 is 0.568 bits per heavy atom. The average Bonchev–Trinajstić information content (AvgIpc) is 2.87. The summed E-state index contributed by atoms with van der Waals surface area (Å²) in [6, 6.07) is 0. The van der Waals surface area contributed by atoms with Crippen LogP contribution in [0.4, 0.5) is 0 Å². The Labute approximate surface area is 223 Å². The number of hydrogen-bond donors (Lipinski definition) is 6. The second kappa shape index (κ2) is 21.6. The van der Waals surface area contributed by atoms with Gasteiger partial charge in [-0.25, -0.2) is 0 Å². The summed E-state index contributed by atoms with van der Waals surface area (Å²) in [4.78, 5) is 22.6. The van der Waals surface area contributed by atoms with Crippen molar-refractivity contribution in [1.82, 2.24) is 5.32 Å². The molecule has 1 fully saturated rings. The number of hydrogen-bond acceptors (Lipinski definition) is 7. The first-order valence-corrected chi connectivity index (χ1v) is 14.7. The fraction of sp³-hybridized carbons (Fsp3) is 0.929. The Hall–Kier alpha value is -1.26. The monoisotopic (exact) mass is 531 g/mol. The molecule has 9 heteroatoms. The van der Waals surface area contributed by atoms with E-state index in [0.717, 1.165) is 38.5 Å². The fourth-order valence-electron chi connectivity index (χ4n) is 4.84. The quantitative estimate of drug-likeness (QED) is 0.109. The Bertz CT molecular complexity index is 589. The smallest absolute Gasteiger partial charge is 0.303 e. The first-order valence-electron chi connectivity index (χ1n) is 14.7. The van der Waals surface area contributed by atoms with E-state index in [-0.39, 0.29) is 5.91 Å². The Balaban J connectivity index is 1.84. The number of ether oxygens (including phenoxy) is 1. The van der Waals surface area contributed by atoms with Gasteiger partial charge in [0.1, 0.15) is 24.4 Å². The van der Waals surface area contributed by atoms with Gasteiger partial charge < -0.3 is 35.6 Å². The van der Waals surface area contributed by atoms with Crippen LogP contribution in [0.25, 0.3) is 0 Å². The molecule has 0 aromatic heterocycles. The highest BCUT2D eigenvalue weighted by Gasteiger charge is 2.43. The van der Waals surface area contributed by atoms with Crippen LogP contribution < -0.4 is 5.32 Å². The first kappa shape index (κ1) is 33.8. The third-order valence-electron chi connectivity index (χ3n) is 7.24. The molecular formula is C28H53NO8. The molecule has 0 aromatic rings. The zero-order valence-corrected chi connectivity index (χ0v) is 22.7. The van der Waals surface area contributed by atoms with Gasteiger partial charge in [-0.15, -0.1) is 0 Å². The number of amides is 1. The van der Waals surface area contributed by atoms with Gasteiger partial charge in [0.25, 0.3) is 0 Å². The van der Waals surface area contributed by atoms with E-state index in [4.69, 9.17) is 9.84 Å². The Morgan fingerprint density at radius 3 is 1.32 bits per heavy atom. The minimum absolute atomic E-state index is 0.280. The van der Waals surface area contributed by atoms with Crippen LogP contribution in [0, 0.1) is 0 Å². The van der Waals surface area contributed by atoms with Gasteiger partial charge >= 0.3 is 5.97 Å². The molecule has 37 heavy (non-hydrogen) atoms. The van der Waals surface area contributed by atoms with E-state index in [9.17, 15) is 30.0 Å². The van der Waals surface area contributed by atoms with Gasteiger partial charge in [-0.05, 0) is 12.8 Å². The zero-order chi connectivity index (χ0) is 27.3. The van der Waals surface area contributed by atoms with Crippen LogP contribution in [0.2, 0.25) is 0 Å². The van der Waals surface area contributed by atoms with Gasteiger partial charge in [0.2, 0.25) is 5.91 Å². The van der Waals surface area contributed by atoms with Gasteiger partial charge in [0, 0.05) is 12.8 Å². The number of carboxylic acid groups (broad SMARTS) is 1. The summed E-state index contributed by atoms with van der Waals surface area (Å²) >= 11 is 0. The van der Waals surface area contributed by atoms with E-state index in [1.54, 1.807) is 0 Å². The SMILES string of the molecule is O=C(O)CCCCCCCCCCCCCCCCCCCCC(=O)N[C@@H]1O[C@H](CO)[C@@H](O)[C@H](O)[C@H]1O. The van der Waals surface area contributed by atoms with Crippen molar-refractivity contribution < 1.29 is 39.9 Å². The highest BCUT2D eigenvalue weighted by Crippen LogP contribution is 2.20. The van der Waals surface area contributed by atoms with E-state index in [2.05, 4.69) is 5.32 Å². The third-order valence-corrected chi connectivity index (χ3v) is 7.24. The third kappa shape index (κ3) is 16.3. The summed E-state index contributed by atoms with van der Waals surface area (Å²) in [6.45, 7) is -0.516. The van der Waals surface area contributed by atoms with Gasteiger partial charge in [-0.3, -0.25) is 9.59 Å². The number of aliphatic hydroxyl groups excluding tert-OH is 4. The lowest BCUT2D eigenvalue weighted by atomic mass is 9.98. The molecule has 1 rings (SSSR count). The molecule has 6 N–H and O–H groups in total. The highest BCUT2D eigenvalue weighted by atomic mass is 16.6. The van der Waals surface area contributed by atoms with Crippen LogP contribution in [-0.2, 0) is 14.3 Å². The molecule has 0 aromatic carbocycles. The molecule has 0 unspecified atom stereocenters. The standard InChI is InChI=1S/C28H53NO8/c30-21-22-25(34)26(35)27(36)28(37-22)29-23(31)19-17-15-13-11-9-7-5-3-1-2-4-6-8-10-12-14-16-18-20-24(32)33/h22,25-28,30,34-36H,1-21H2,(H,29,31)(H,32,33)/t22-,25-,26+,27-,28-/m1/s1. The first-order chi connectivity index (χ1) is 17.9. The van der Waals surface area contributed by atoms with Crippen molar-refractivity contribution in [3.63, 3.8) is 0 Å². The molecule has 0 saturated carbocycles. The maximum absolute atomic E-state index is 12.1. The zero-order valence-electron chi connectivity index (χ0n) is 22.7. The van der Waals surface area contributed by atoms with E-state index in [1.807, 2.05) is 0 Å². The number of carbonyl (C=O) groups is 2. The van der Waals surface area contributed by atoms with Gasteiger partial charge in [0.15, 0.2) is 6.23 Å². The van der Waals surface area contributed by atoms with Crippen molar-refractivity contribution in [1.29, 1.82) is 0 Å². The maximum atomic E-state index is 12.1. The predicted molar refractivity (Wildman–Crippen MR) is 142 cm³/mol. The summed E-state index contributed by atoms with van der Waals surface area (Å²) in [5, 5.41) is 49.9. The molecule has 0 radical (unpaired) electrons. The largest absolute Gasteiger partial charge is 0.481 e. The number of aliphatic hydroxyl groups is 4. The van der Waals surface area contributed by atoms with E-state index >= 15 is 0 Å². The molecule has 5 atom stereocenters. The van der Waals surface area contributed by atoms with E-state index in [1.165, 1.54) is 77.0 Å². The summed E-state index contributed by atoms with van der Waals surface area (Å²) in [6.07, 6.45) is 15.2. The van der Waals surface area contributed by atoms with Gasteiger partial charge in [0.05, 0.1) is 6.61 Å². The molecule has 1 aliphatic rings. The number of carbonyl (C=O) groups excluding carboxylic acids is 1. The van der Waals surface area contributed by atoms with Crippen LogP contribution in [0.5, 0.6) is 0 Å². The second-order valence-corrected chi connectivity index (χ2v) is 10.6. The predicted octanol–water partition coefficient (Wildman–Crippen LogP) is 3.79. The van der Waals surface area contributed by atoms with Crippen molar-refractivity contribution in [3.05, 3.63) is 0 Å². The van der Waals surface area contributed by atoms with Crippen molar-refractivity contribution in [2.24, 2.45) is 0 Å². The molecule has 0 spiro atoms. The van der Waals surface area contributed by atoms with Crippen molar-refractivity contribution in [3.8, 4) is 0 Å². The highest BCUT2D eigenvalue weighted by molar-refractivity contribution is 5.76. The molecule has 0 aliphatic carbocycles. The van der Waals surface area contributed by atoms with E-state index in [0.29, 0.717) is 12.8 Å². The Kier molecular flexibility index (Phi) is 19.8. The summed E-state index contributed by atoms with van der Waals surface area (Å²) in [5.41, 5.74) is 0. The van der Waals surface area contributed by atoms with Crippen molar-refractivity contribution >= 4 is 11.9 Å². The number of carboxylic acids is 1. The molecular weight excluding hydrogens is 478 g/mol.